The molecule has 1 radical (unpaired) electrons. The van der Waals surface area contributed by atoms with Gasteiger partial charge in [-0.1, -0.05) is 27.0 Å². The van der Waals surface area contributed by atoms with Crippen molar-refractivity contribution in [2.45, 2.75) is 13.8 Å². The fourth-order valence-corrected chi connectivity index (χ4v) is 1.12. The standard InChI is InChI=1S/C10H15N.W.Y/c1-7-9(3,4)10(5,6)8(2)11-7;;/h11H,1-3,5H2,4,6H3;;/q-2;+2;. The van der Waals surface area contributed by atoms with E-state index in [-0.39, 0.29) is 64.6 Å². The number of hydrogen-bond donors (Lipinski definition) is 1. The first-order valence-electron chi connectivity index (χ1n) is 3.66. The minimum atomic E-state index is -0.246. The summed E-state index contributed by atoms with van der Waals surface area (Å²) in [5.41, 5.74) is 1.31. The first-order chi connectivity index (χ1) is 4.80. The van der Waals surface area contributed by atoms with E-state index in [2.05, 4.69) is 32.3 Å². The Labute approximate surface area is 121 Å². The van der Waals surface area contributed by atoms with E-state index in [1.807, 2.05) is 13.8 Å². The van der Waals surface area contributed by atoms with Crippen molar-refractivity contribution < 1.29 is 53.8 Å². The smallest absolute Gasteiger partial charge is 0.367 e. The third kappa shape index (κ3) is 2.36. The van der Waals surface area contributed by atoms with Gasteiger partial charge in [-0.25, -0.2) is 0 Å². The van der Waals surface area contributed by atoms with Crippen LogP contribution in [0.3, 0.4) is 0 Å². The molecule has 69 valence electrons. The zero-order valence-corrected chi connectivity index (χ0v) is 14.1. The molecule has 1 saturated heterocycles. The first-order valence-corrected chi connectivity index (χ1v) is 3.66. The van der Waals surface area contributed by atoms with Crippen LogP contribution in [0.2, 0.25) is 0 Å². The van der Waals surface area contributed by atoms with E-state index in [1.54, 1.807) is 0 Å². The molecule has 0 aromatic heterocycles. The van der Waals surface area contributed by atoms with Gasteiger partial charge in [0.2, 0.25) is 0 Å². The van der Waals surface area contributed by atoms with Gasteiger partial charge >= 0.3 is 21.1 Å². The van der Waals surface area contributed by atoms with Crippen LogP contribution in [0.4, 0.5) is 0 Å². The Hall–Kier alpha value is 1.07. The van der Waals surface area contributed by atoms with Crippen LogP contribution in [0, 0.1) is 24.7 Å². The zero-order chi connectivity index (χ0) is 8.86. The van der Waals surface area contributed by atoms with Crippen LogP contribution < -0.4 is 5.32 Å². The molecule has 3 heteroatoms. The monoisotopic (exact) mass is 422 g/mol. The Kier molecular flexibility index (Phi) is 6.00. The van der Waals surface area contributed by atoms with Gasteiger partial charge in [-0.3, -0.25) is 0 Å². The van der Waals surface area contributed by atoms with Gasteiger partial charge in [-0.05, 0) is 11.4 Å². The maximum Gasteiger partial charge on any atom is 2.00 e. The van der Waals surface area contributed by atoms with E-state index in [9.17, 15) is 0 Å². The van der Waals surface area contributed by atoms with Crippen LogP contribution >= 0.6 is 0 Å². The second-order valence-corrected chi connectivity index (χ2v) is 3.75. The van der Waals surface area contributed by atoms with E-state index in [0.29, 0.717) is 0 Å². The summed E-state index contributed by atoms with van der Waals surface area (Å²) in [4.78, 5) is 0. The van der Waals surface area contributed by atoms with Crippen molar-refractivity contribution >= 4 is 0 Å². The molecule has 1 fully saturated rings. The molecule has 1 nitrogen and oxygen atoms in total. The van der Waals surface area contributed by atoms with Crippen molar-refractivity contribution in [1.82, 2.24) is 5.32 Å². The largest absolute Gasteiger partial charge is 2.00 e. The predicted octanol–water partition coefficient (Wildman–Crippen LogP) is 2.29. The molecule has 0 spiro atoms. The molecule has 0 aromatic rings. The summed E-state index contributed by atoms with van der Waals surface area (Å²) in [6.45, 7) is 19.9. The number of rotatable bonds is 0. The van der Waals surface area contributed by atoms with Crippen molar-refractivity contribution in [2.75, 3.05) is 0 Å². The molecule has 1 rings (SSSR count). The molecular weight excluding hydrogens is 407 g/mol. The van der Waals surface area contributed by atoms with Crippen molar-refractivity contribution in [3.8, 4) is 0 Å². The van der Waals surface area contributed by atoms with E-state index in [4.69, 9.17) is 0 Å². The van der Waals surface area contributed by atoms with Crippen LogP contribution in [0.25, 0.3) is 0 Å². The van der Waals surface area contributed by atoms with Gasteiger partial charge in [0.15, 0.2) is 0 Å². The molecule has 2 atom stereocenters. The minimum Gasteiger partial charge on any atom is -0.367 e. The van der Waals surface area contributed by atoms with Gasteiger partial charge in [0.05, 0.1) is 0 Å². The summed E-state index contributed by atoms with van der Waals surface area (Å²) >= 11 is 0. The van der Waals surface area contributed by atoms with E-state index in [1.165, 1.54) is 0 Å². The van der Waals surface area contributed by atoms with Gasteiger partial charge < -0.3 is 19.2 Å². The summed E-state index contributed by atoms with van der Waals surface area (Å²) in [6, 6.07) is 0. The van der Waals surface area contributed by atoms with Gasteiger partial charge in [0, 0.05) is 32.7 Å². The molecule has 1 aliphatic rings. The molecule has 0 aliphatic carbocycles. The van der Waals surface area contributed by atoms with Crippen molar-refractivity contribution in [2.24, 2.45) is 10.8 Å². The predicted molar refractivity (Wildman–Crippen MR) is 48.3 cm³/mol. The Bertz CT molecular complexity index is 207. The molecule has 13 heavy (non-hydrogen) atoms. The van der Waals surface area contributed by atoms with Gasteiger partial charge in [-0.15, -0.1) is 10.8 Å². The third-order valence-corrected chi connectivity index (χ3v) is 2.85. The van der Waals surface area contributed by atoms with Gasteiger partial charge in [-0.2, -0.15) is 0 Å². The van der Waals surface area contributed by atoms with Crippen molar-refractivity contribution in [3.63, 3.8) is 0 Å². The van der Waals surface area contributed by atoms with E-state index >= 15 is 0 Å². The number of allylic oxidation sites excluding steroid dienone is 2. The molecule has 0 amide bonds. The fraction of sp³-hybridized carbons (Fsp3) is 0.400. The molecule has 0 bridgehead atoms. The topological polar surface area (TPSA) is 12.0 Å². The number of nitrogens with one attached hydrogen (secondary N) is 1. The fourth-order valence-electron chi connectivity index (χ4n) is 1.12. The normalized spacial score (nSPS) is 37.5. The maximum absolute atomic E-state index is 4.07. The molecule has 0 aromatic carbocycles. The number of hydrogen-bond acceptors (Lipinski definition) is 1. The molecule has 2 unspecified atom stereocenters. The average Bonchev–Trinajstić information content (AvgIpc) is 1.95. The molecule has 1 N–H and O–H groups in total. The van der Waals surface area contributed by atoms with Crippen LogP contribution in [-0.4, -0.2) is 0 Å². The first kappa shape index (κ1) is 16.5. The van der Waals surface area contributed by atoms with Gasteiger partial charge in [0.1, 0.15) is 0 Å². The Morgan fingerprint density at radius 1 is 1.08 bits per heavy atom. The molecule has 1 heterocycles. The van der Waals surface area contributed by atoms with Crippen LogP contribution in [0.1, 0.15) is 13.8 Å². The molecule has 1 aliphatic heterocycles. The minimum absolute atomic E-state index is 0. The summed E-state index contributed by atoms with van der Waals surface area (Å²) in [6.07, 6.45) is 0. The van der Waals surface area contributed by atoms with Crippen LogP contribution in [0.15, 0.2) is 24.6 Å². The van der Waals surface area contributed by atoms with Gasteiger partial charge in [0.25, 0.3) is 0 Å². The molecular formula is C10H15NWY. The SMILES string of the molecule is C=C1NC(=C)C([CH2-])(C)C1([CH2-])C.[W+2].[Y]. The maximum atomic E-state index is 4.07. The summed E-state index contributed by atoms with van der Waals surface area (Å²) in [7, 11) is 0. The van der Waals surface area contributed by atoms with Crippen LogP contribution in [0.5, 0.6) is 0 Å². The zero-order valence-electron chi connectivity index (χ0n) is 8.31. The Morgan fingerprint density at radius 2 is 1.31 bits per heavy atom. The third-order valence-electron chi connectivity index (χ3n) is 2.85. The van der Waals surface area contributed by atoms with Crippen molar-refractivity contribution in [3.05, 3.63) is 38.4 Å². The average molecular weight is 422 g/mol. The molecule has 0 saturated carbocycles. The van der Waals surface area contributed by atoms with E-state index in [0.717, 1.165) is 11.4 Å². The van der Waals surface area contributed by atoms with E-state index < -0.39 is 0 Å². The van der Waals surface area contributed by atoms with Crippen LogP contribution in [-0.2, 0) is 53.8 Å². The second kappa shape index (κ2) is 4.73. The second-order valence-electron chi connectivity index (χ2n) is 3.75. The summed E-state index contributed by atoms with van der Waals surface area (Å²) in [5, 5.41) is 3.08. The Balaban J connectivity index is 0. The summed E-state index contributed by atoms with van der Waals surface area (Å²) < 4.78 is 0. The van der Waals surface area contributed by atoms with Crippen molar-refractivity contribution in [1.29, 1.82) is 0 Å². The quantitative estimate of drug-likeness (QED) is 0.592. The summed E-state index contributed by atoms with van der Waals surface area (Å²) in [5.74, 6) is 0. The Morgan fingerprint density at radius 3 is 1.38 bits per heavy atom.